The van der Waals surface area contributed by atoms with Crippen LogP contribution >= 0.6 is 0 Å². The summed E-state index contributed by atoms with van der Waals surface area (Å²) in [5, 5.41) is 3.05. The summed E-state index contributed by atoms with van der Waals surface area (Å²) in [5.41, 5.74) is 2.00. The van der Waals surface area contributed by atoms with Crippen molar-refractivity contribution in [1.29, 1.82) is 0 Å². The zero-order valence-electron chi connectivity index (χ0n) is 13.8. The molecule has 0 aromatic heterocycles. The summed E-state index contributed by atoms with van der Waals surface area (Å²) in [6, 6.07) is 9.89. The van der Waals surface area contributed by atoms with Gasteiger partial charge < -0.3 is 10.2 Å². The number of hydrogen-bond acceptors (Lipinski definition) is 4. The number of nitrogens with zero attached hydrogens (tertiary/aromatic N) is 1. The van der Waals surface area contributed by atoms with E-state index in [-0.39, 0.29) is 5.82 Å². The Labute approximate surface area is 145 Å². The van der Waals surface area contributed by atoms with Crippen LogP contribution in [0.1, 0.15) is 11.1 Å². The number of sulfone groups is 1. The number of halogens is 3. The van der Waals surface area contributed by atoms with Crippen LogP contribution in [0.2, 0.25) is 0 Å². The van der Waals surface area contributed by atoms with E-state index in [1.807, 2.05) is 19.0 Å². The number of benzene rings is 2. The third kappa shape index (κ3) is 4.96. The fourth-order valence-corrected chi connectivity index (χ4v) is 2.99. The third-order valence-corrected chi connectivity index (χ3v) is 4.91. The van der Waals surface area contributed by atoms with Crippen molar-refractivity contribution in [2.45, 2.75) is 23.7 Å². The standard InChI is InChI=1S/C17H19F3N2O2S/c1-22(2)11-13-9-12(3-8-16(13)18)10-21-14-4-6-15(7-5-14)25(23,24)17(19)20/h3-9,17,21H,10-11H2,1-2H3. The van der Waals surface area contributed by atoms with Crippen LogP contribution in [0.3, 0.4) is 0 Å². The van der Waals surface area contributed by atoms with Gasteiger partial charge in [0.25, 0.3) is 0 Å². The molecule has 0 aliphatic carbocycles. The van der Waals surface area contributed by atoms with E-state index in [0.29, 0.717) is 24.3 Å². The van der Waals surface area contributed by atoms with Gasteiger partial charge in [-0.3, -0.25) is 0 Å². The normalized spacial score (nSPS) is 12.0. The molecular weight excluding hydrogens is 353 g/mol. The van der Waals surface area contributed by atoms with Crippen LogP contribution in [-0.4, -0.2) is 33.2 Å². The van der Waals surface area contributed by atoms with Crippen LogP contribution in [0.15, 0.2) is 47.4 Å². The molecule has 2 rings (SSSR count). The van der Waals surface area contributed by atoms with Gasteiger partial charge in [0.05, 0.1) is 4.90 Å². The van der Waals surface area contributed by atoms with Crippen molar-refractivity contribution < 1.29 is 21.6 Å². The summed E-state index contributed by atoms with van der Waals surface area (Å²) >= 11 is 0. The second kappa shape index (κ2) is 7.88. The van der Waals surface area contributed by atoms with Crippen LogP contribution in [0.4, 0.5) is 18.9 Å². The molecule has 0 aliphatic rings. The zero-order valence-corrected chi connectivity index (χ0v) is 14.7. The van der Waals surface area contributed by atoms with Gasteiger partial charge in [-0.15, -0.1) is 0 Å². The second-order valence-electron chi connectivity index (χ2n) is 5.85. The summed E-state index contributed by atoms with van der Waals surface area (Å²) in [6.45, 7) is 0.863. The lowest BCUT2D eigenvalue weighted by Crippen LogP contribution is -2.12. The van der Waals surface area contributed by atoms with E-state index in [2.05, 4.69) is 5.32 Å². The van der Waals surface area contributed by atoms with E-state index in [0.717, 1.165) is 17.7 Å². The summed E-state index contributed by atoms with van der Waals surface area (Å²) < 4.78 is 61.5. The molecule has 0 aliphatic heterocycles. The van der Waals surface area contributed by atoms with Crippen LogP contribution in [0, 0.1) is 5.82 Å². The fourth-order valence-electron chi connectivity index (χ4n) is 2.27. The second-order valence-corrected chi connectivity index (χ2v) is 7.76. The van der Waals surface area contributed by atoms with E-state index in [9.17, 15) is 21.6 Å². The molecule has 2 aromatic rings. The van der Waals surface area contributed by atoms with Crippen molar-refractivity contribution >= 4 is 15.5 Å². The Hall–Kier alpha value is -2.06. The van der Waals surface area contributed by atoms with Gasteiger partial charge in [0.2, 0.25) is 9.84 Å². The molecule has 0 saturated carbocycles. The van der Waals surface area contributed by atoms with E-state index >= 15 is 0 Å². The van der Waals surface area contributed by atoms with Gasteiger partial charge in [-0.05, 0) is 56.1 Å². The van der Waals surface area contributed by atoms with Gasteiger partial charge in [0, 0.05) is 24.3 Å². The molecule has 4 nitrogen and oxygen atoms in total. The molecule has 0 unspecified atom stereocenters. The highest BCUT2D eigenvalue weighted by atomic mass is 32.2. The highest BCUT2D eigenvalue weighted by Crippen LogP contribution is 2.21. The summed E-state index contributed by atoms with van der Waals surface area (Å²) in [6.07, 6.45) is 0. The zero-order chi connectivity index (χ0) is 18.6. The Morgan fingerprint density at radius 3 is 2.28 bits per heavy atom. The van der Waals surface area contributed by atoms with Crippen LogP contribution in [0.25, 0.3) is 0 Å². The lowest BCUT2D eigenvalue weighted by atomic mass is 10.1. The number of alkyl halides is 2. The first-order chi connectivity index (χ1) is 11.7. The monoisotopic (exact) mass is 372 g/mol. The van der Waals surface area contributed by atoms with Crippen molar-refractivity contribution in [3.63, 3.8) is 0 Å². The molecule has 0 radical (unpaired) electrons. The molecule has 25 heavy (non-hydrogen) atoms. The van der Waals surface area contributed by atoms with Crippen LogP contribution in [-0.2, 0) is 22.9 Å². The highest BCUT2D eigenvalue weighted by Gasteiger charge is 2.26. The Kier molecular flexibility index (Phi) is 6.07. The maximum absolute atomic E-state index is 13.7. The maximum atomic E-state index is 13.7. The average Bonchev–Trinajstić information content (AvgIpc) is 2.55. The molecule has 0 spiro atoms. The van der Waals surface area contributed by atoms with E-state index in [4.69, 9.17) is 0 Å². The third-order valence-electron chi connectivity index (χ3n) is 3.51. The first-order valence-corrected chi connectivity index (χ1v) is 9.03. The minimum atomic E-state index is -4.59. The van der Waals surface area contributed by atoms with Gasteiger partial charge in [0.1, 0.15) is 5.82 Å². The van der Waals surface area contributed by atoms with Gasteiger partial charge in [-0.1, -0.05) is 6.07 Å². The Morgan fingerprint density at radius 2 is 1.72 bits per heavy atom. The molecule has 0 saturated heterocycles. The van der Waals surface area contributed by atoms with Gasteiger partial charge >= 0.3 is 5.76 Å². The van der Waals surface area contributed by atoms with Crippen LogP contribution < -0.4 is 5.32 Å². The van der Waals surface area contributed by atoms with Crippen molar-refractivity contribution in [3.8, 4) is 0 Å². The Balaban J connectivity index is 2.07. The van der Waals surface area contributed by atoms with E-state index in [1.165, 1.54) is 18.2 Å². The van der Waals surface area contributed by atoms with Crippen LogP contribution in [0.5, 0.6) is 0 Å². The number of nitrogens with one attached hydrogen (secondary N) is 1. The highest BCUT2D eigenvalue weighted by molar-refractivity contribution is 7.91. The molecule has 0 atom stereocenters. The average molecular weight is 372 g/mol. The topological polar surface area (TPSA) is 49.4 Å². The summed E-state index contributed by atoms with van der Waals surface area (Å²) in [5.74, 6) is -3.72. The van der Waals surface area contributed by atoms with E-state index in [1.54, 1.807) is 12.1 Å². The minimum absolute atomic E-state index is 0.279. The molecular formula is C17H19F3N2O2S. The van der Waals surface area contributed by atoms with Crippen molar-refractivity contribution in [2.24, 2.45) is 0 Å². The molecule has 0 amide bonds. The molecule has 8 heteroatoms. The molecule has 0 fully saturated rings. The molecule has 0 bridgehead atoms. The van der Waals surface area contributed by atoms with Gasteiger partial charge in [-0.25, -0.2) is 12.8 Å². The van der Waals surface area contributed by atoms with Gasteiger partial charge in [-0.2, -0.15) is 8.78 Å². The Morgan fingerprint density at radius 1 is 1.08 bits per heavy atom. The molecule has 2 aromatic carbocycles. The quantitative estimate of drug-likeness (QED) is 0.808. The Bertz CT molecular complexity index is 822. The minimum Gasteiger partial charge on any atom is -0.381 e. The van der Waals surface area contributed by atoms with E-state index < -0.39 is 20.5 Å². The predicted octanol–water partition coefficient (Wildman–Crippen LogP) is 3.50. The molecule has 136 valence electrons. The fraction of sp³-hybridized carbons (Fsp3) is 0.294. The largest absolute Gasteiger partial charge is 0.381 e. The maximum Gasteiger partial charge on any atom is 0.341 e. The lowest BCUT2D eigenvalue weighted by molar-refractivity contribution is 0.234. The number of rotatable bonds is 7. The van der Waals surface area contributed by atoms with Gasteiger partial charge in [0.15, 0.2) is 0 Å². The van der Waals surface area contributed by atoms with Crippen molar-refractivity contribution in [3.05, 3.63) is 59.4 Å². The predicted molar refractivity (Wildman–Crippen MR) is 90.7 cm³/mol. The SMILES string of the molecule is CN(C)Cc1cc(CNc2ccc(S(=O)(=O)C(F)F)cc2)ccc1F. The van der Waals surface area contributed by atoms with Crippen molar-refractivity contribution in [1.82, 2.24) is 4.90 Å². The molecule has 1 N–H and O–H groups in total. The number of hydrogen-bond donors (Lipinski definition) is 1. The first kappa shape index (κ1) is 19.3. The first-order valence-electron chi connectivity index (χ1n) is 7.48. The summed E-state index contributed by atoms with van der Waals surface area (Å²) in [4.78, 5) is 1.43. The summed E-state index contributed by atoms with van der Waals surface area (Å²) in [7, 11) is -0.897. The number of anilines is 1. The smallest absolute Gasteiger partial charge is 0.341 e. The lowest BCUT2D eigenvalue weighted by Gasteiger charge is -2.13. The van der Waals surface area contributed by atoms with Crippen molar-refractivity contribution in [2.75, 3.05) is 19.4 Å². The molecule has 0 heterocycles.